The van der Waals surface area contributed by atoms with Crippen molar-refractivity contribution in [3.05, 3.63) is 46.7 Å². The number of benzene rings is 1. The molecule has 124 valence electrons. The SMILES string of the molecule is CCN(CC(C)(C)O)C(=O)c1c(C)nn(-c2ccccc2)c1Cl. The maximum absolute atomic E-state index is 12.8. The molecule has 0 unspecified atom stereocenters. The Balaban J connectivity index is 2.40. The van der Waals surface area contributed by atoms with E-state index >= 15 is 0 Å². The molecule has 1 amide bonds. The zero-order valence-electron chi connectivity index (χ0n) is 13.9. The van der Waals surface area contributed by atoms with Crippen LogP contribution in [0.25, 0.3) is 5.69 Å². The highest BCUT2D eigenvalue weighted by Crippen LogP contribution is 2.25. The number of likely N-dealkylation sites (N-methyl/N-ethyl adjacent to an activating group) is 1. The Kier molecular flexibility index (Phi) is 5.12. The van der Waals surface area contributed by atoms with Gasteiger partial charge in [-0.05, 0) is 39.8 Å². The highest BCUT2D eigenvalue weighted by atomic mass is 35.5. The Morgan fingerprint density at radius 2 is 1.96 bits per heavy atom. The van der Waals surface area contributed by atoms with Gasteiger partial charge in [-0.1, -0.05) is 29.8 Å². The van der Waals surface area contributed by atoms with Gasteiger partial charge in [0.1, 0.15) is 5.15 Å². The lowest BCUT2D eigenvalue weighted by Gasteiger charge is -2.28. The quantitative estimate of drug-likeness (QED) is 0.913. The third-order valence-corrected chi connectivity index (χ3v) is 3.81. The molecule has 0 atom stereocenters. The van der Waals surface area contributed by atoms with Crippen LogP contribution in [0.3, 0.4) is 0 Å². The fourth-order valence-corrected chi connectivity index (χ4v) is 2.79. The zero-order chi connectivity index (χ0) is 17.2. The molecule has 0 aliphatic carbocycles. The minimum atomic E-state index is -0.971. The molecule has 0 fully saturated rings. The molecule has 0 spiro atoms. The monoisotopic (exact) mass is 335 g/mol. The molecule has 0 saturated heterocycles. The fourth-order valence-electron chi connectivity index (χ4n) is 2.43. The molecule has 0 aliphatic rings. The number of para-hydroxylation sites is 1. The lowest BCUT2D eigenvalue weighted by atomic mass is 10.1. The van der Waals surface area contributed by atoms with Crippen LogP contribution in [-0.2, 0) is 0 Å². The van der Waals surface area contributed by atoms with Gasteiger partial charge in [0.05, 0.1) is 22.5 Å². The number of aryl methyl sites for hydroxylation is 1. The molecular formula is C17H22ClN3O2. The lowest BCUT2D eigenvalue weighted by molar-refractivity contribution is 0.0314. The van der Waals surface area contributed by atoms with Crippen molar-refractivity contribution in [3.63, 3.8) is 0 Å². The van der Waals surface area contributed by atoms with Gasteiger partial charge in [0.15, 0.2) is 0 Å². The largest absolute Gasteiger partial charge is 0.389 e. The third-order valence-electron chi connectivity index (χ3n) is 3.47. The molecule has 1 aromatic heterocycles. The van der Waals surface area contributed by atoms with Crippen LogP contribution in [-0.4, -0.2) is 44.4 Å². The maximum Gasteiger partial charge on any atom is 0.258 e. The van der Waals surface area contributed by atoms with Crippen LogP contribution < -0.4 is 0 Å². The average Bonchev–Trinajstić information content (AvgIpc) is 2.79. The van der Waals surface area contributed by atoms with Crippen molar-refractivity contribution in [2.45, 2.75) is 33.3 Å². The van der Waals surface area contributed by atoms with Crippen LogP contribution in [0, 0.1) is 6.92 Å². The summed E-state index contributed by atoms with van der Waals surface area (Å²) in [6.45, 7) is 7.68. The predicted molar refractivity (Wildman–Crippen MR) is 91.2 cm³/mol. The van der Waals surface area contributed by atoms with Crippen molar-refractivity contribution >= 4 is 17.5 Å². The number of hydrogen-bond acceptors (Lipinski definition) is 3. The molecular weight excluding hydrogens is 314 g/mol. The third kappa shape index (κ3) is 3.92. The summed E-state index contributed by atoms with van der Waals surface area (Å²) < 4.78 is 1.56. The number of hydrogen-bond donors (Lipinski definition) is 1. The van der Waals surface area contributed by atoms with Gasteiger partial charge < -0.3 is 10.0 Å². The van der Waals surface area contributed by atoms with Gasteiger partial charge in [-0.25, -0.2) is 4.68 Å². The highest BCUT2D eigenvalue weighted by Gasteiger charge is 2.28. The number of nitrogens with zero attached hydrogens (tertiary/aromatic N) is 3. The molecule has 2 rings (SSSR count). The first-order valence-corrected chi connectivity index (χ1v) is 7.94. The Morgan fingerprint density at radius 3 is 2.48 bits per heavy atom. The second kappa shape index (κ2) is 6.72. The normalized spacial score (nSPS) is 11.6. The number of halogens is 1. The number of rotatable bonds is 5. The molecule has 0 aliphatic heterocycles. The van der Waals surface area contributed by atoms with Gasteiger partial charge >= 0.3 is 0 Å². The number of carbonyl (C=O) groups excluding carboxylic acids is 1. The van der Waals surface area contributed by atoms with Gasteiger partial charge in [0, 0.05) is 13.1 Å². The highest BCUT2D eigenvalue weighted by molar-refractivity contribution is 6.33. The summed E-state index contributed by atoms with van der Waals surface area (Å²) in [6, 6.07) is 9.43. The van der Waals surface area contributed by atoms with E-state index in [2.05, 4.69) is 5.10 Å². The van der Waals surface area contributed by atoms with E-state index in [-0.39, 0.29) is 17.6 Å². The molecule has 6 heteroatoms. The summed E-state index contributed by atoms with van der Waals surface area (Å²) in [5.74, 6) is -0.223. The minimum absolute atomic E-state index is 0.223. The van der Waals surface area contributed by atoms with Gasteiger partial charge in [0.2, 0.25) is 0 Å². The van der Waals surface area contributed by atoms with Gasteiger partial charge in [-0.3, -0.25) is 4.79 Å². The average molecular weight is 336 g/mol. The van der Waals surface area contributed by atoms with E-state index < -0.39 is 5.60 Å². The predicted octanol–water partition coefficient (Wildman–Crippen LogP) is 3.07. The second-order valence-corrected chi connectivity index (χ2v) is 6.49. The summed E-state index contributed by atoms with van der Waals surface area (Å²) in [6.07, 6.45) is 0. The van der Waals surface area contributed by atoms with Gasteiger partial charge in [-0.15, -0.1) is 0 Å². The van der Waals surface area contributed by atoms with Crippen LogP contribution in [0.15, 0.2) is 30.3 Å². The molecule has 1 aromatic carbocycles. The van der Waals surface area contributed by atoms with E-state index in [9.17, 15) is 9.90 Å². The topological polar surface area (TPSA) is 58.4 Å². The van der Waals surface area contributed by atoms with Crippen molar-refractivity contribution in [1.82, 2.24) is 14.7 Å². The molecule has 0 radical (unpaired) electrons. The van der Waals surface area contributed by atoms with Crippen molar-refractivity contribution < 1.29 is 9.90 Å². The van der Waals surface area contributed by atoms with Gasteiger partial charge in [-0.2, -0.15) is 5.10 Å². The first-order valence-electron chi connectivity index (χ1n) is 7.56. The fraction of sp³-hybridized carbons (Fsp3) is 0.412. The van der Waals surface area contributed by atoms with Crippen LogP contribution in [0.2, 0.25) is 5.15 Å². The smallest absolute Gasteiger partial charge is 0.258 e. The molecule has 0 bridgehead atoms. The summed E-state index contributed by atoms with van der Waals surface area (Å²) in [4.78, 5) is 14.4. The molecule has 1 N–H and O–H groups in total. The standard InChI is InChI=1S/C17H22ClN3O2/c1-5-20(11-17(3,4)23)16(22)14-12(2)19-21(15(14)18)13-9-7-6-8-10-13/h6-10,23H,5,11H2,1-4H3. The van der Waals surface area contributed by atoms with E-state index in [4.69, 9.17) is 11.6 Å². The number of carbonyl (C=O) groups is 1. The van der Waals surface area contributed by atoms with E-state index in [1.54, 1.807) is 30.4 Å². The van der Waals surface area contributed by atoms with Crippen molar-refractivity contribution in [2.24, 2.45) is 0 Å². The summed E-state index contributed by atoms with van der Waals surface area (Å²) in [5, 5.41) is 14.7. The first kappa shape index (κ1) is 17.5. The Bertz CT molecular complexity index is 690. The second-order valence-electron chi connectivity index (χ2n) is 6.13. The van der Waals surface area contributed by atoms with E-state index in [0.29, 0.717) is 17.8 Å². The molecule has 0 saturated carbocycles. The maximum atomic E-state index is 12.8. The van der Waals surface area contributed by atoms with E-state index in [1.807, 2.05) is 37.3 Å². The van der Waals surface area contributed by atoms with Crippen molar-refractivity contribution in [1.29, 1.82) is 0 Å². The summed E-state index contributed by atoms with van der Waals surface area (Å²) in [5.41, 5.74) is 0.770. The molecule has 2 aromatic rings. The molecule has 23 heavy (non-hydrogen) atoms. The van der Waals surface area contributed by atoms with E-state index in [1.165, 1.54) is 0 Å². The van der Waals surface area contributed by atoms with Crippen LogP contribution in [0.4, 0.5) is 0 Å². The van der Waals surface area contributed by atoms with Crippen molar-refractivity contribution in [2.75, 3.05) is 13.1 Å². The first-order chi connectivity index (χ1) is 10.7. The van der Waals surface area contributed by atoms with Crippen molar-refractivity contribution in [3.8, 4) is 5.69 Å². The Morgan fingerprint density at radius 1 is 1.35 bits per heavy atom. The van der Waals surface area contributed by atoms with E-state index in [0.717, 1.165) is 5.69 Å². The summed E-state index contributed by atoms with van der Waals surface area (Å²) in [7, 11) is 0. The Hall–Kier alpha value is -1.85. The van der Waals surface area contributed by atoms with Crippen LogP contribution in [0.1, 0.15) is 36.8 Å². The summed E-state index contributed by atoms with van der Waals surface area (Å²) >= 11 is 6.42. The number of amides is 1. The Labute approximate surface area is 141 Å². The molecule has 5 nitrogen and oxygen atoms in total. The lowest BCUT2D eigenvalue weighted by Crippen LogP contribution is -2.42. The molecule has 1 heterocycles. The minimum Gasteiger partial charge on any atom is -0.389 e. The van der Waals surface area contributed by atoms with Gasteiger partial charge in [0.25, 0.3) is 5.91 Å². The van der Waals surface area contributed by atoms with Crippen LogP contribution in [0.5, 0.6) is 0 Å². The number of aromatic nitrogens is 2. The zero-order valence-corrected chi connectivity index (χ0v) is 14.6. The number of aliphatic hydroxyl groups is 1. The van der Waals surface area contributed by atoms with Crippen LogP contribution >= 0.6 is 11.6 Å².